The summed E-state index contributed by atoms with van der Waals surface area (Å²) in [6.45, 7) is 2.01. The van der Waals surface area contributed by atoms with Gasteiger partial charge < -0.3 is 5.32 Å². The van der Waals surface area contributed by atoms with Crippen molar-refractivity contribution in [2.45, 2.75) is 6.92 Å². The van der Waals surface area contributed by atoms with Crippen molar-refractivity contribution in [3.8, 4) is 6.07 Å². The molecule has 0 saturated heterocycles. The first kappa shape index (κ1) is 13.6. The summed E-state index contributed by atoms with van der Waals surface area (Å²) in [6, 6.07) is 14.4. The fraction of sp³-hybridized carbons (Fsp3) is 0.0667. The Morgan fingerprint density at radius 1 is 1.21 bits per heavy atom. The lowest BCUT2D eigenvalue weighted by Gasteiger charge is -2.08. The molecule has 0 radical (unpaired) electrons. The third kappa shape index (κ3) is 3.32. The predicted molar refractivity (Wildman–Crippen MR) is 83.0 cm³/mol. The number of nitriles is 1. The first-order valence-electron chi connectivity index (χ1n) is 5.68. The van der Waals surface area contributed by atoms with Crippen LogP contribution in [0, 0.1) is 21.8 Å². The number of halogens is 1. The monoisotopic (exact) mass is 362 g/mol. The van der Waals surface area contributed by atoms with Crippen molar-refractivity contribution in [1.82, 2.24) is 0 Å². The molecule has 0 heterocycles. The third-order valence-corrected chi connectivity index (χ3v) is 3.54. The molecule has 19 heavy (non-hydrogen) atoms. The molecule has 3 nitrogen and oxygen atoms in total. The van der Waals surface area contributed by atoms with Crippen LogP contribution in [0.5, 0.6) is 0 Å². The van der Waals surface area contributed by atoms with Gasteiger partial charge in [-0.15, -0.1) is 0 Å². The number of nitrogens with one attached hydrogen (secondary N) is 1. The van der Waals surface area contributed by atoms with Crippen molar-refractivity contribution in [3.05, 3.63) is 62.7 Å². The van der Waals surface area contributed by atoms with Crippen molar-refractivity contribution in [1.29, 1.82) is 5.26 Å². The molecule has 1 N–H and O–H groups in total. The summed E-state index contributed by atoms with van der Waals surface area (Å²) in [6.07, 6.45) is 0. The highest BCUT2D eigenvalue weighted by molar-refractivity contribution is 14.1. The fourth-order valence-electron chi connectivity index (χ4n) is 1.61. The van der Waals surface area contributed by atoms with Gasteiger partial charge in [0.2, 0.25) is 0 Å². The van der Waals surface area contributed by atoms with Gasteiger partial charge >= 0.3 is 0 Å². The maximum Gasteiger partial charge on any atom is 0.255 e. The minimum atomic E-state index is -0.175. The van der Waals surface area contributed by atoms with Gasteiger partial charge in [0.15, 0.2) is 0 Å². The van der Waals surface area contributed by atoms with Crippen LogP contribution in [0.25, 0.3) is 0 Å². The molecule has 2 rings (SSSR count). The first-order valence-corrected chi connectivity index (χ1v) is 6.75. The molecule has 0 spiro atoms. The van der Waals surface area contributed by atoms with Crippen molar-refractivity contribution in [2.75, 3.05) is 5.32 Å². The van der Waals surface area contributed by atoms with Crippen LogP contribution >= 0.6 is 22.6 Å². The van der Waals surface area contributed by atoms with Gasteiger partial charge in [-0.3, -0.25) is 4.79 Å². The Kier molecular flexibility index (Phi) is 4.17. The summed E-state index contributed by atoms with van der Waals surface area (Å²) in [5, 5.41) is 11.6. The Hall–Kier alpha value is -1.87. The van der Waals surface area contributed by atoms with Gasteiger partial charge in [-0.2, -0.15) is 5.26 Å². The number of carbonyl (C=O) groups is 1. The van der Waals surface area contributed by atoms with Crippen LogP contribution in [-0.2, 0) is 0 Å². The van der Waals surface area contributed by atoms with E-state index in [2.05, 4.69) is 27.9 Å². The Morgan fingerprint density at radius 3 is 2.47 bits per heavy atom. The smallest absolute Gasteiger partial charge is 0.255 e. The zero-order chi connectivity index (χ0) is 13.8. The van der Waals surface area contributed by atoms with Gasteiger partial charge in [0.25, 0.3) is 5.91 Å². The van der Waals surface area contributed by atoms with E-state index in [0.717, 1.165) is 14.8 Å². The molecule has 2 aromatic carbocycles. The maximum atomic E-state index is 12.1. The van der Waals surface area contributed by atoms with Crippen molar-refractivity contribution in [2.24, 2.45) is 0 Å². The van der Waals surface area contributed by atoms with Crippen LogP contribution < -0.4 is 5.32 Å². The number of hydrogen-bond donors (Lipinski definition) is 1. The van der Waals surface area contributed by atoms with Crippen molar-refractivity contribution in [3.63, 3.8) is 0 Å². The SMILES string of the molecule is Cc1ccc(NC(=O)c2ccc(C#N)cc2)c(I)c1. The van der Waals surface area contributed by atoms with Crippen molar-refractivity contribution < 1.29 is 4.79 Å². The minimum absolute atomic E-state index is 0.175. The summed E-state index contributed by atoms with van der Waals surface area (Å²) in [7, 11) is 0. The van der Waals surface area contributed by atoms with E-state index in [0.29, 0.717) is 11.1 Å². The van der Waals surface area contributed by atoms with Gasteiger partial charge in [0.1, 0.15) is 0 Å². The van der Waals surface area contributed by atoms with E-state index in [1.807, 2.05) is 31.2 Å². The quantitative estimate of drug-likeness (QED) is 0.828. The number of anilines is 1. The molecule has 0 saturated carbocycles. The molecule has 4 heteroatoms. The number of hydrogen-bond acceptors (Lipinski definition) is 2. The van der Waals surface area contributed by atoms with E-state index in [1.165, 1.54) is 0 Å². The molecule has 0 aliphatic carbocycles. The number of rotatable bonds is 2. The van der Waals surface area contributed by atoms with E-state index in [9.17, 15) is 4.79 Å². The molecule has 0 unspecified atom stereocenters. The van der Waals surface area contributed by atoms with Gasteiger partial charge in [-0.25, -0.2) is 0 Å². The molecule has 0 aromatic heterocycles. The lowest BCUT2D eigenvalue weighted by molar-refractivity contribution is 0.102. The largest absolute Gasteiger partial charge is 0.321 e. The van der Waals surface area contributed by atoms with Gasteiger partial charge in [0, 0.05) is 9.13 Å². The van der Waals surface area contributed by atoms with E-state index >= 15 is 0 Å². The average molecular weight is 362 g/mol. The second kappa shape index (κ2) is 5.85. The second-order valence-electron chi connectivity index (χ2n) is 4.13. The van der Waals surface area contributed by atoms with E-state index in [1.54, 1.807) is 24.3 Å². The highest BCUT2D eigenvalue weighted by Crippen LogP contribution is 2.20. The molecule has 0 aliphatic heterocycles. The molecule has 1 amide bonds. The molecular weight excluding hydrogens is 351 g/mol. The Balaban J connectivity index is 2.18. The average Bonchev–Trinajstić information content (AvgIpc) is 2.42. The highest BCUT2D eigenvalue weighted by atomic mass is 127. The van der Waals surface area contributed by atoms with Crippen LogP contribution in [-0.4, -0.2) is 5.91 Å². The topological polar surface area (TPSA) is 52.9 Å². The number of carbonyl (C=O) groups excluding carboxylic acids is 1. The summed E-state index contributed by atoms with van der Waals surface area (Å²) < 4.78 is 1.000. The van der Waals surface area contributed by atoms with E-state index < -0.39 is 0 Å². The summed E-state index contributed by atoms with van der Waals surface area (Å²) in [5.74, 6) is -0.175. The van der Waals surface area contributed by atoms with Crippen LogP contribution in [0.15, 0.2) is 42.5 Å². The summed E-state index contributed by atoms with van der Waals surface area (Å²) in [4.78, 5) is 12.1. The third-order valence-electron chi connectivity index (χ3n) is 2.65. The van der Waals surface area contributed by atoms with Crippen LogP contribution in [0.4, 0.5) is 5.69 Å². The number of benzene rings is 2. The van der Waals surface area contributed by atoms with Crippen LogP contribution in [0.2, 0.25) is 0 Å². The van der Waals surface area contributed by atoms with Gasteiger partial charge in [-0.05, 0) is 71.5 Å². The number of aryl methyl sites for hydroxylation is 1. The fourth-order valence-corrected chi connectivity index (χ4v) is 2.42. The second-order valence-corrected chi connectivity index (χ2v) is 5.29. The lowest BCUT2D eigenvalue weighted by Crippen LogP contribution is -2.12. The Labute approximate surface area is 125 Å². The first-order chi connectivity index (χ1) is 9.10. The molecular formula is C15H11IN2O. The predicted octanol–water partition coefficient (Wildman–Crippen LogP) is 3.72. The molecule has 2 aromatic rings. The molecule has 0 atom stereocenters. The number of amides is 1. The molecule has 0 bridgehead atoms. The Bertz CT molecular complexity index is 657. The number of nitrogens with zero attached hydrogens (tertiary/aromatic N) is 1. The van der Waals surface area contributed by atoms with Crippen LogP contribution in [0.1, 0.15) is 21.5 Å². The molecule has 0 aliphatic rings. The summed E-state index contributed by atoms with van der Waals surface area (Å²) >= 11 is 2.19. The Morgan fingerprint density at radius 2 is 1.89 bits per heavy atom. The molecule has 0 fully saturated rings. The van der Waals surface area contributed by atoms with E-state index in [4.69, 9.17) is 5.26 Å². The summed E-state index contributed by atoms with van der Waals surface area (Å²) in [5.41, 5.74) is 3.03. The zero-order valence-corrected chi connectivity index (χ0v) is 12.4. The van der Waals surface area contributed by atoms with Gasteiger partial charge in [-0.1, -0.05) is 6.07 Å². The standard InChI is InChI=1S/C15H11IN2O/c1-10-2-7-14(13(16)8-10)18-15(19)12-5-3-11(9-17)4-6-12/h2-8H,1H3,(H,18,19). The minimum Gasteiger partial charge on any atom is -0.321 e. The van der Waals surface area contributed by atoms with Gasteiger partial charge in [0.05, 0.1) is 17.3 Å². The van der Waals surface area contributed by atoms with Crippen molar-refractivity contribution >= 4 is 34.2 Å². The lowest BCUT2D eigenvalue weighted by atomic mass is 10.1. The normalized spacial score (nSPS) is 9.74. The molecule has 94 valence electrons. The highest BCUT2D eigenvalue weighted by Gasteiger charge is 2.08. The van der Waals surface area contributed by atoms with Crippen LogP contribution in [0.3, 0.4) is 0 Å². The maximum absolute atomic E-state index is 12.1. The zero-order valence-electron chi connectivity index (χ0n) is 10.3. The van der Waals surface area contributed by atoms with E-state index in [-0.39, 0.29) is 5.91 Å².